The fourth-order valence-corrected chi connectivity index (χ4v) is 1.33. The van der Waals surface area contributed by atoms with Crippen LogP contribution in [0.15, 0.2) is 18.9 Å². The Balaban J connectivity index is 2.84. The normalized spacial score (nSPS) is 12.1. The second kappa shape index (κ2) is 4.58. The third kappa shape index (κ3) is 2.21. The van der Waals surface area contributed by atoms with Gasteiger partial charge in [-0.2, -0.15) is 10.4 Å². The van der Waals surface area contributed by atoms with Crippen LogP contribution in [0, 0.1) is 18.3 Å². The summed E-state index contributed by atoms with van der Waals surface area (Å²) in [6, 6.07) is 1.89. The molecule has 14 heavy (non-hydrogen) atoms. The summed E-state index contributed by atoms with van der Waals surface area (Å²) in [5, 5.41) is 16.2. The van der Waals surface area contributed by atoms with Crippen molar-refractivity contribution in [3.8, 4) is 6.07 Å². The van der Waals surface area contributed by atoms with Crippen LogP contribution in [0.2, 0.25) is 0 Å². The van der Waals surface area contributed by atoms with Gasteiger partial charge in [-0.15, -0.1) is 6.58 Å². The van der Waals surface area contributed by atoms with Gasteiger partial charge in [0, 0.05) is 25.4 Å². The van der Waals surface area contributed by atoms with Crippen molar-refractivity contribution >= 4 is 0 Å². The Morgan fingerprint density at radius 3 is 3.00 bits per heavy atom. The molecule has 0 saturated heterocycles. The van der Waals surface area contributed by atoms with E-state index in [1.165, 1.54) is 0 Å². The highest BCUT2D eigenvalue weighted by Gasteiger charge is 2.14. The summed E-state index contributed by atoms with van der Waals surface area (Å²) in [6.07, 6.45) is 3.59. The summed E-state index contributed by atoms with van der Waals surface area (Å²) in [6.45, 7) is 6.11. The molecule has 0 aliphatic heterocycles. The SMILES string of the molecule is C=CCNC(C#N)c1cn(C)nc1C. The average molecular weight is 190 g/mol. The number of nitriles is 1. The maximum absolute atomic E-state index is 8.96. The van der Waals surface area contributed by atoms with E-state index < -0.39 is 0 Å². The predicted molar refractivity (Wildman–Crippen MR) is 54.5 cm³/mol. The van der Waals surface area contributed by atoms with Crippen molar-refractivity contribution in [2.75, 3.05) is 6.54 Å². The summed E-state index contributed by atoms with van der Waals surface area (Å²) >= 11 is 0. The average Bonchev–Trinajstić information content (AvgIpc) is 2.47. The number of hydrogen-bond donors (Lipinski definition) is 1. The molecule has 0 aromatic carbocycles. The van der Waals surface area contributed by atoms with Crippen LogP contribution >= 0.6 is 0 Å². The summed E-state index contributed by atoms with van der Waals surface area (Å²) < 4.78 is 1.71. The van der Waals surface area contributed by atoms with Crippen LogP contribution in [0.3, 0.4) is 0 Å². The Morgan fingerprint density at radius 1 is 1.86 bits per heavy atom. The first-order valence-corrected chi connectivity index (χ1v) is 4.43. The molecule has 1 unspecified atom stereocenters. The van der Waals surface area contributed by atoms with Crippen molar-refractivity contribution in [3.05, 3.63) is 30.1 Å². The van der Waals surface area contributed by atoms with E-state index in [9.17, 15) is 0 Å². The van der Waals surface area contributed by atoms with E-state index in [-0.39, 0.29) is 6.04 Å². The Hall–Kier alpha value is -1.60. The predicted octanol–water partition coefficient (Wildman–Crippen LogP) is 1.07. The number of hydrogen-bond acceptors (Lipinski definition) is 3. The summed E-state index contributed by atoms with van der Waals surface area (Å²) in [4.78, 5) is 0. The minimum Gasteiger partial charge on any atom is -0.295 e. The molecule has 0 amide bonds. The van der Waals surface area contributed by atoms with Crippen molar-refractivity contribution in [1.82, 2.24) is 15.1 Å². The van der Waals surface area contributed by atoms with Crippen molar-refractivity contribution in [2.45, 2.75) is 13.0 Å². The second-order valence-corrected chi connectivity index (χ2v) is 3.10. The maximum Gasteiger partial charge on any atom is 0.124 e. The molecule has 1 rings (SSSR count). The standard InChI is InChI=1S/C10H14N4/c1-4-5-12-10(6-11)9-7-14(3)13-8(9)2/h4,7,10,12H,1,5H2,2-3H3. The summed E-state index contributed by atoms with van der Waals surface area (Å²) in [7, 11) is 1.85. The molecule has 0 saturated carbocycles. The van der Waals surface area contributed by atoms with Gasteiger partial charge in [0.15, 0.2) is 0 Å². The largest absolute Gasteiger partial charge is 0.295 e. The van der Waals surface area contributed by atoms with Gasteiger partial charge in [0.05, 0.1) is 11.8 Å². The molecule has 1 atom stereocenters. The third-order valence-corrected chi connectivity index (χ3v) is 1.96. The van der Waals surface area contributed by atoms with Crippen molar-refractivity contribution in [3.63, 3.8) is 0 Å². The lowest BCUT2D eigenvalue weighted by molar-refractivity contribution is 0.679. The van der Waals surface area contributed by atoms with E-state index in [1.54, 1.807) is 10.8 Å². The molecule has 4 heteroatoms. The van der Waals surface area contributed by atoms with Crippen molar-refractivity contribution in [2.24, 2.45) is 7.05 Å². The molecule has 1 aromatic heterocycles. The van der Waals surface area contributed by atoms with E-state index >= 15 is 0 Å². The lowest BCUT2D eigenvalue weighted by atomic mass is 10.1. The Morgan fingerprint density at radius 2 is 2.57 bits per heavy atom. The van der Waals surface area contributed by atoms with E-state index in [0.29, 0.717) is 6.54 Å². The molecule has 0 spiro atoms. The molecule has 0 aliphatic carbocycles. The van der Waals surface area contributed by atoms with Gasteiger partial charge >= 0.3 is 0 Å². The van der Waals surface area contributed by atoms with Gasteiger partial charge < -0.3 is 0 Å². The first kappa shape index (κ1) is 10.5. The summed E-state index contributed by atoms with van der Waals surface area (Å²) in [5.74, 6) is 0. The topological polar surface area (TPSA) is 53.6 Å². The van der Waals surface area contributed by atoms with Gasteiger partial charge in [0.1, 0.15) is 6.04 Å². The van der Waals surface area contributed by atoms with Crippen molar-refractivity contribution in [1.29, 1.82) is 5.26 Å². The van der Waals surface area contributed by atoms with E-state index in [2.05, 4.69) is 23.1 Å². The van der Waals surface area contributed by atoms with Gasteiger partial charge in [-0.1, -0.05) is 6.08 Å². The smallest absolute Gasteiger partial charge is 0.124 e. The minimum atomic E-state index is -0.304. The highest BCUT2D eigenvalue weighted by Crippen LogP contribution is 2.14. The van der Waals surface area contributed by atoms with Crippen LogP contribution < -0.4 is 5.32 Å². The summed E-state index contributed by atoms with van der Waals surface area (Å²) in [5.41, 5.74) is 1.81. The van der Waals surface area contributed by atoms with E-state index in [0.717, 1.165) is 11.3 Å². The Bertz CT molecular complexity index is 359. The minimum absolute atomic E-state index is 0.304. The zero-order chi connectivity index (χ0) is 10.6. The molecule has 4 nitrogen and oxygen atoms in total. The van der Waals surface area contributed by atoms with Crippen LogP contribution in [-0.4, -0.2) is 16.3 Å². The zero-order valence-corrected chi connectivity index (χ0v) is 8.49. The highest BCUT2D eigenvalue weighted by atomic mass is 15.3. The van der Waals surface area contributed by atoms with Gasteiger partial charge in [-0.05, 0) is 6.92 Å². The lowest BCUT2D eigenvalue weighted by Gasteiger charge is -2.07. The van der Waals surface area contributed by atoms with Gasteiger partial charge in [0.2, 0.25) is 0 Å². The molecular weight excluding hydrogens is 176 g/mol. The van der Waals surface area contributed by atoms with Gasteiger partial charge in [-0.25, -0.2) is 0 Å². The Kier molecular flexibility index (Phi) is 3.43. The van der Waals surface area contributed by atoms with Crippen molar-refractivity contribution < 1.29 is 0 Å². The maximum atomic E-state index is 8.96. The van der Waals surface area contributed by atoms with E-state index in [4.69, 9.17) is 5.26 Å². The fraction of sp³-hybridized carbons (Fsp3) is 0.400. The Labute approximate surface area is 83.8 Å². The first-order chi connectivity index (χ1) is 6.69. The van der Waals surface area contributed by atoms with Crippen LogP contribution in [0.1, 0.15) is 17.3 Å². The third-order valence-electron chi connectivity index (χ3n) is 1.96. The zero-order valence-electron chi connectivity index (χ0n) is 8.49. The molecule has 0 aliphatic rings. The number of rotatable bonds is 4. The molecular formula is C10H14N4. The van der Waals surface area contributed by atoms with E-state index in [1.807, 2.05) is 20.2 Å². The van der Waals surface area contributed by atoms with Gasteiger partial charge in [0.25, 0.3) is 0 Å². The quantitative estimate of drug-likeness (QED) is 0.722. The monoisotopic (exact) mass is 190 g/mol. The number of aryl methyl sites for hydroxylation is 2. The highest BCUT2D eigenvalue weighted by molar-refractivity contribution is 5.25. The molecule has 1 aromatic rings. The molecule has 0 bridgehead atoms. The number of nitrogens with zero attached hydrogens (tertiary/aromatic N) is 3. The van der Waals surface area contributed by atoms with Crippen LogP contribution in [0.25, 0.3) is 0 Å². The second-order valence-electron chi connectivity index (χ2n) is 3.10. The van der Waals surface area contributed by atoms with Crippen LogP contribution in [-0.2, 0) is 7.05 Å². The molecule has 0 radical (unpaired) electrons. The fourth-order valence-electron chi connectivity index (χ4n) is 1.33. The van der Waals surface area contributed by atoms with Crippen LogP contribution in [0.4, 0.5) is 0 Å². The molecule has 1 N–H and O–H groups in total. The number of aromatic nitrogens is 2. The first-order valence-electron chi connectivity index (χ1n) is 4.43. The molecule has 74 valence electrons. The molecule has 1 heterocycles. The van der Waals surface area contributed by atoms with Gasteiger partial charge in [-0.3, -0.25) is 10.00 Å². The number of nitrogens with one attached hydrogen (secondary N) is 1. The van der Waals surface area contributed by atoms with Crippen LogP contribution in [0.5, 0.6) is 0 Å². The molecule has 0 fully saturated rings. The lowest BCUT2D eigenvalue weighted by Crippen LogP contribution is -2.20.